The van der Waals surface area contributed by atoms with Gasteiger partial charge in [-0.25, -0.2) is 9.13 Å². The highest BCUT2D eigenvalue weighted by Crippen LogP contribution is 2.45. The number of allylic oxidation sites excluding steroid dienone is 6. The highest BCUT2D eigenvalue weighted by atomic mass is 31.2. The van der Waals surface area contributed by atoms with Gasteiger partial charge in [-0.3, -0.25) is 37.3 Å². The molecule has 3 N–H and O–H groups in total. The van der Waals surface area contributed by atoms with E-state index >= 15 is 0 Å². The fraction of sp³-hybridized carbons (Fsp3) is 0.867. The van der Waals surface area contributed by atoms with Gasteiger partial charge >= 0.3 is 39.5 Å². The van der Waals surface area contributed by atoms with E-state index in [1.165, 1.54) is 141 Å². The van der Waals surface area contributed by atoms with Crippen LogP contribution in [0.4, 0.5) is 0 Å². The number of aliphatic hydroxyl groups excluding tert-OH is 1. The van der Waals surface area contributed by atoms with Gasteiger partial charge in [0, 0.05) is 25.7 Å². The van der Waals surface area contributed by atoms with E-state index in [4.69, 9.17) is 37.0 Å². The van der Waals surface area contributed by atoms with Gasteiger partial charge in [-0.1, -0.05) is 270 Å². The summed E-state index contributed by atoms with van der Waals surface area (Å²) in [7, 11) is -9.93. The minimum Gasteiger partial charge on any atom is -0.462 e. The first kappa shape index (κ1) is 91.3. The number of ether oxygens (including phenoxy) is 4. The van der Waals surface area contributed by atoms with E-state index in [2.05, 4.69) is 64.2 Å². The molecule has 0 fully saturated rings. The third-order valence-electron chi connectivity index (χ3n) is 16.6. The molecule has 0 aromatic heterocycles. The summed E-state index contributed by atoms with van der Waals surface area (Å²) in [6, 6.07) is 0. The van der Waals surface area contributed by atoms with Gasteiger partial charge in [0.05, 0.1) is 26.4 Å². The number of esters is 4. The molecular weight excluding hydrogens is 1230 g/mol. The van der Waals surface area contributed by atoms with Crippen molar-refractivity contribution in [1.82, 2.24) is 0 Å². The van der Waals surface area contributed by atoms with Crippen molar-refractivity contribution in [3.8, 4) is 0 Å². The minimum atomic E-state index is -4.96. The van der Waals surface area contributed by atoms with Gasteiger partial charge in [-0.2, -0.15) is 0 Å². The number of carbonyl (C=O) groups excluding carboxylic acids is 4. The first-order chi connectivity index (χ1) is 45.7. The van der Waals surface area contributed by atoms with Crippen LogP contribution in [0.15, 0.2) is 36.5 Å². The Labute approximate surface area is 573 Å². The Morgan fingerprint density at radius 3 is 0.745 bits per heavy atom. The van der Waals surface area contributed by atoms with E-state index in [-0.39, 0.29) is 25.7 Å². The maximum Gasteiger partial charge on any atom is 0.472 e. The standard InChI is InChI=1S/C75H140O17P2/c1-5-9-13-17-21-25-29-33-34-38-40-44-48-52-56-60-73(78)86-66-71(92-75(80)62-58-54-50-46-42-37-32-28-24-20-16-12-8-4)68-90-94(83,84)88-64-69(76)63-87-93(81,82)89-67-70(91-74(79)61-57-53-49-45-41-36-31-27-23-19-15-11-7-3)65-85-72(77)59-55-51-47-43-39-35-30-26-22-18-14-10-6-2/h26-27,30-31,33-34,69-71,76H,5-25,28-29,32,35-68H2,1-4H3,(H,81,82)(H,83,84)/b30-26-,31-27-,34-33-. The van der Waals surface area contributed by atoms with Gasteiger partial charge in [-0.15, -0.1) is 0 Å². The van der Waals surface area contributed by atoms with Crippen LogP contribution in [-0.4, -0.2) is 96.7 Å². The van der Waals surface area contributed by atoms with Crippen LogP contribution in [0.3, 0.4) is 0 Å². The van der Waals surface area contributed by atoms with Crippen LogP contribution in [0.25, 0.3) is 0 Å². The van der Waals surface area contributed by atoms with Crippen molar-refractivity contribution < 1.29 is 80.2 Å². The van der Waals surface area contributed by atoms with Crippen LogP contribution in [0.2, 0.25) is 0 Å². The van der Waals surface area contributed by atoms with Gasteiger partial charge in [0.1, 0.15) is 19.3 Å². The first-order valence-electron chi connectivity index (χ1n) is 38.2. The zero-order chi connectivity index (χ0) is 69.0. The smallest absolute Gasteiger partial charge is 0.462 e. The third-order valence-corrected chi connectivity index (χ3v) is 18.5. The Kier molecular flexibility index (Phi) is 66.8. The number of carbonyl (C=O) groups is 4. The average molecular weight is 1380 g/mol. The molecule has 0 amide bonds. The number of phosphoric ester groups is 2. The third kappa shape index (κ3) is 67.8. The number of hydrogen-bond acceptors (Lipinski definition) is 15. The van der Waals surface area contributed by atoms with E-state index < -0.39 is 97.5 Å². The number of unbranched alkanes of at least 4 members (excludes halogenated alkanes) is 41. The molecule has 5 atom stereocenters. The second kappa shape index (κ2) is 68.8. The fourth-order valence-corrected chi connectivity index (χ4v) is 12.3. The SMILES string of the molecule is CCCCCC/C=C\CCCCCCCC(=O)OCC(COP(=O)(O)OCC(O)COP(=O)(O)OCC(COC(=O)CCCCCCC/C=C\CCCCCCCC)OC(=O)CCCCCCCCCCCCCCC)OC(=O)CCCCCCC/C=C\CCCCCC. The van der Waals surface area contributed by atoms with E-state index in [0.717, 1.165) is 141 Å². The summed E-state index contributed by atoms with van der Waals surface area (Å²) in [5.74, 6) is -2.16. The number of rotatable bonds is 73. The molecule has 0 bridgehead atoms. The van der Waals surface area contributed by atoms with Crippen LogP contribution >= 0.6 is 15.6 Å². The lowest BCUT2D eigenvalue weighted by molar-refractivity contribution is -0.161. The van der Waals surface area contributed by atoms with Crippen molar-refractivity contribution in [1.29, 1.82) is 0 Å². The van der Waals surface area contributed by atoms with Crippen molar-refractivity contribution in [2.45, 2.75) is 380 Å². The van der Waals surface area contributed by atoms with E-state index in [1.807, 2.05) is 0 Å². The molecule has 0 saturated carbocycles. The Morgan fingerprint density at radius 1 is 0.287 bits per heavy atom. The average Bonchev–Trinajstić information content (AvgIpc) is 2.45. The molecule has 0 aliphatic rings. The predicted molar refractivity (Wildman–Crippen MR) is 381 cm³/mol. The van der Waals surface area contributed by atoms with E-state index in [9.17, 15) is 43.2 Å². The lowest BCUT2D eigenvalue weighted by atomic mass is 10.0. The van der Waals surface area contributed by atoms with Gasteiger partial charge < -0.3 is 33.8 Å². The Hall–Kier alpha value is -2.72. The monoisotopic (exact) mass is 1370 g/mol. The molecule has 0 aliphatic carbocycles. The molecule has 19 heteroatoms. The topological polar surface area (TPSA) is 237 Å². The molecule has 0 saturated heterocycles. The molecule has 94 heavy (non-hydrogen) atoms. The molecule has 0 rings (SSSR count). The predicted octanol–water partition coefficient (Wildman–Crippen LogP) is 21.6. The molecule has 17 nitrogen and oxygen atoms in total. The van der Waals surface area contributed by atoms with E-state index in [0.29, 0.717) is 25.7 Å². The van der Waals surface area contributed by atoms with Crippen LogP contribution in [-0.2, 0) is 65.4 Å². The summed E-state index contributed by atoms with van der Waals surface area (Å²) in [4.78, 5) is 72.7. The van der Waals surface area contributed by atoms with Crippen molar-refractivity contribution in [2.24, 2.45) is 0 Å². The van der Waals surface area contributed by atoms with Crippen molar-refractivity contribution in [2.75, 3.05) is 39.6 Å². The lowest BCUT2D eigenvalue weighted by Crippen LogP contribution is -2.30. The minimum absolute atomic E-state index is 0.0891. The summed E-state index contributed by atoms with van der Waals surface area (Å²) >= 11 is 0. The molecule has 0 aromatic carbocycles. The lowest BCUT2D eigenvalue weighted by Gasteiger charge is -2.21. The summed E-state index contributed by atoms with van der Waals surface area (Å²) < 4.78 is 68.4. The van der Waals surface area contributed by atoms with Crippen LogP contribution < -0.4 is 0 Å². The van der Waals surface area contributed by atoms with Crippen LogP contribution in [0.5, 0.6) is 0 Å². The summed E-state index contributed by atoms with van der Waals surface area (Å²) in [6.45, 7) is 4.88. The van der Waals surface area contributed by atoms with Gasteiger partial charge in [0.2, 0.25) is 0 Å². The second-order valence-corrected chi connectivity index (χ2v) is 28.9. The molecular formula is C75H140O17P2. The molecule has 552 valence electrons. The molecule has 0 heterocycles. The van der Waals surface area contributed by atoms with Gasteiger partial charge in [0.15, 0.2) is 12.2 Å². The normalized spacial score (nSPS) is 14.2. The number of aliphatic hydroxyl groups is 1. The summed E-state index contributed by atoms with van der Waals surface area (Å²) in [6.07, 6.45) is 62.7. The van der Waals surface area contributed by atoms with Crippen LogP contribution in [0, 0.1) is 0 Å². The molecule has 0 aromatic rings. The summed E-state index contributed by atoms with van der Waals surface area (Å²) in [5.41, 5.74) is 0. The maximum absolute atomic E-state index is 13.1. The quantitative estimate of drug-likeness (QED) is 0.0169. The fourth-order valence-electron chi connectivity index (χ4n) is 10.7. The van der Waals surface area contributed by atoms with Gasteiger partial charge in [-0.05, 0) is 103 Å². The zero-order valence-electron chi connectivity index (χ0n) is 60.2. The Balaban J connectivity index is 5.30. The first-order valence-corrected chi connectivity index (χ1v) is 41.2. The zero-order valence-corrected chi connectivity index (χ0v) is 61.9. The van der Waals surface area contributed by atoms with Crippen LogP contribution in [0.1, 0.15) is 362 Å². The Morgan fingerprint density at radius 2 is 0.489 bits per heavy atom. The molecule has 0 aliphatic heterocycles. The maximum atomic E-state index is 13.1. The van der Waals surface area contributed by atoms with Crippen molar-refractivity contribution in [3.63, 3.8) is 0 Å². The highest BCUT2D eigenvalue weighted by Gasteiger charge is 2.30. The number of hydrogen-bond donors (Lipinski definition) is 3. The summed E-state index contributed by atoms with van der Waals surface area (Å²) in [5, 5.41) is 10.6. The molecule has 0 radical (unpaired) electrons. The van der Waals surface area contributed by atoms with Crippen molar-refractivity contribution in [3.05, 3.63) is 36.5 Å². The molecule has 0 spiro atoms. The van der Waals surface area contributed by atoms with Crippen molar-refractivity contribution >= 4 is 39.5 Å². The van der Waals surface area contributed by atoms with Gasteiger partial charge in [0.25, 0.3) is 0 Å². The molecule has 5 unspecified atom stereocenters. The number of phosphoric acid groups is 2. The van der Waals surface area contributed by atoms with E-state index in [1.54, 1.807) is 0 Å². The Bertz CT molecular complexity index is 1930. The highest BCUT2D eigenvalue weighted by molar-refractivity contribution is 7.47. The second-order valence-electron chi connectivity index (χ2n) is 25.9. The largest absolute Gasteiger partial charge is 0.472 e.